The summed E-state index contributed by atoms with van der Waals surface area (Å²) in [5, 5.41) is 3.64. The van der Waals surface area contributed by atoms with Crippen LogP contribution in [0.3, 0.4) is 0 Å². The quantitative estimate of drug-likeness (QED) is 0.299. The molecule has 0 radical (unpaired) electrons. The average Bonchev–Trinajstić information content (AvgIpc) is 2.30. The zero-order chi connectivity index (χ0) is 12.7. The Morgan fingerprint density at radius 3 is 3.00 bits per heavy atom. The van der Waals surface area contributed by atoms with E-state index in [1.165, 1.54) is 18.7 Å². The van der Waals surface area contributed by atoms with Crippen LogP contribution in [-0.4, -0.2) is 28.7 Å². The molecular formula is C11H12ClN3OS. The Morgan fingerprint density at radius 2 is 2.41 bits per heavy atom. The fraction of sp³-hybridized carbons (Fsp3) is 0.364. The summed E-state index contributed by atoms with van der Waals surface area (Å²) >= 11 is 7.36. The van der Waals surface area contributed by atoms with Crippen LogP contribution in [0.15, 0.2) is 11.4 Å². The van der Waals surface area contributed by atoms with Gasteiger partial charge in [0.05, 0.1) is 5.56 Å². The molecule has 17 heavy (non-hydrogen) atoms. The van der Waals surface area contributed by atoms with Crippen molar-refractivity contribution >= 4 is 29.3 Å². The van der Waals surface area contributed by atoms with E-state index in [-0.39, 0.29) is 5.91 Å². The van der Waals surface area contributed by atoms with E-state index in [4.69, 9.17) is 11.6 Å². The average molecular weight is 270 g/mol. The summed E-state index contributed by atoms with van der Waals surface area (Å²) in [6.07, 6.45) is 4.05. The molecular weight excluding hydrogens is 258 g/mol. The van der Waals surface area contributed by atoms with Crippen LogP contribution in [0.2, 0.25) is 5.15 Å². The van der Waals surface area contributed by atoms with Gasteiger partial charge >= 0.3 is 0 Å². The summed E-state index contributed by atoms with van der Waals surface area (Å²) in [6.45, 7) is 2.00. The number of halogens is 1. The van der Waals surface area contributed by atoms with Gasteiger partial charge in [0.25, 0.3) is 0 Å². The first-order valence-corrected chi connectivity index (χ1v) is 6.53. The first-order chi connectivity index (χ1) is 8.13. The van der Waals surface area contributed by atoms with Gasteiger partial charge in [-0.2, -0.15) is 0 Å². The number of carbonyl (C=O) groups excluding carboxylic acids is 1. The van der Waals surface area contributed by atoms with E-state index < -0.39 is 0 Å². The second-order valence-corrected chi connectivity index (χ2v) is 4.23. The molecule has 0 aromatic carbocycles. The Labute approximate surface area is 110 Å². The number of aromatic nitrogens is 2. The van der Waals surface area contributed by atoms with E-state index in [0.29, 0.717) is 28.8 Å². The van der Waals surface area contributed by atoms with Crippen molar-refractivity contribution in [3.05, 3.63) is 16.9 Å². The summed E-state index contributed by atoms with van der Waals surface area (Å²) in [5.41, 5.74) is 0.604. The highest BCUT2D eigenvalue weighted by molar-refractivity contribution is 7.98. The van der Waals surface area contributed by atoms with E-state index in [1.807, 2.05) is 6.26 Å². The maximum atomic E-state index is 10.6. The molecule has 1 amide bonds. The molecule has 0 aliphatic heterocycles. The number of hydrogen-bond acceptors (Lipinski definition) is 4. The van der Waals surface area contributed by atoms with E-state index in [1.54, 1.807) is 6.20 Å². The Bertz CT molecular complexity index is 468. The molecule has 90 valence electrons. The molecule has 4 nitrogen and oxygen atoms in total. The first-order valence-electron chi connectivity index (χ1n) is 4.93. The fourth-order valence-corrected chi connectivity index (χ4v) is 1.55. The summed E-state index contributed by atoms with van der Waals surface area (Å²) < 4.78 is 0. The largest absolute Gasteiger partial charge is 0.355 e. The molecule has 0 atom stereocenters. The van der Waals surface area contributed by atoms with Crippen LogP contribution in [-0.2, 0) is 4.79 Å². The first kappa shape index (κ1) is 13.8. The van der Waals surface area contributed by atoms with Gasteiger partial charge in [0.1, 0.15) is 5.15 Å². The third-order valence-corrected chi connectivity index (χ3v) is 2.60. The molecule has 1 aromatic heterocycles. The minimum Gasteiger partial charge on any atom is -0.355 e. The predicted molar refractivity (Wildman–Crippen MR) is 69.0 cm³/mol. The lowest BCUT2D eigenvalue weighted by atomic mass is 10.3. The van der Waals surface area contributed by atoms with Gasteiger partial charge in [0, 0.05) is 26.1 Å². The Kier molecular flexibility index (Phi) is 5.81. The molecule has 0 fully saturated rings. The predicted octanol–water partition coefficient (Wildman–Crippen LogP) is 1.73. The van der Waals surface area contributed by atoms with Gasteiger partial charge in [-0.25, -0.2) is 9.97 Å². The minimum atomic E-state index is -0.0579. The van der Waals surface area contributed by atoms with Gasteiger partial charge in [-0.05, 0) is 6.26 Å². The number of nitrogens with one attached hydrogen (secondary N) is 1. The Morgan fingerprint density at radius 1 is 1.65 bits per heavy atom. The van der Waals surface area contributed by atoms with Crippen LogP contribution in [0, 0.1) is 11.8 Å². The normalized spacial score (nSPS) is 9.35. The molecule has 1 aromatic rings. The molecule has 0 unspecified atom stereocenters. The molecule has 1 rings (SSSR count). The number of amides is 1. The number of rotatable bonds is 3. The third kappa shape index (κ3) is 5.07. The second kappa shape index (κ2) is 7.15. The van der Waals surface area contributed by atoms with Crippen molar-refractivity contribution in [1.82, 2.24) is 15.3 Å². The number of carbonyl (C=O) groups is 1. The zero-order valence-corrected chi connectivity index (χ0v) is 11.2. The van der Waals surface area contributed by atoms with Gasteiger partial charge in [-0.15, -0.1) is 0 Å². The lowest BCUT2D eigenvalue weighted by molar-refractivity contribution is -0.118. The topological polar surface area (TPSA) is 54.9 Å². The zero-order valence-electron chi connectivity index (χ0n) is 9.58. The SMILES string of the molecule is CSc1ncc(C#CCCNC(C)=O)c(Cl)n1. The lowest BCUT2D eigenvalue weighted by Gasteiger charge is -1.97. The molecule has 1 heterocycles. The van der Waals surface area contributed by atoms with Crippen LogP contribution in [0.1, 0.15) is 18.9 Å². The van der Waals surface area contributed by atoms with Crippen LogP contribution in [0.5, 0.6) is 0 Å². The van der Waals surface area contributed by atoms with Crippen molar-refractivity contribution in [2.75, 3.05) is 12.8 Å². The highest BCUT2D eigenvalue weighted by Gasteiger charge is 2.01. The Balaban J connectivity index is 2.57. The number of nitrogens with zero attached hydrogens (tertiary/aromatic N) is 2. The molecule has 0 saturated carbocycles. The lowest BCUT2D eigenvalue weighted by Crippen LogP contribution is -2.20. The number of thioether (sulfide) groups is 1. The standard InChI is InChI=1S/C11H12ClN3OS/c1-8(16)13-6-4-3-5-9-7-14-11(17-2)15-10(9)12/h7H,4,6H2,1-2H3,(H,13,16). The summed E-state index contributed by atoms with van der Waals surface area (Å²) in [6, 6.07) is 0. The maximum absolute atomic E-state index is 10.6. The smallest absolute Gasteiger partial charge is 0.216 e. The van der Waals surface area contributed by atoms with Crippen LogP contribution in [0.4, 0.5) is 0 Å². The summed E-state index contributed by atoms with van der Waals surface area (Å²) in [4.78, 5) is 18.7. The van der Waals surface area contributed by atoms with Crippen LogP contribution in [0.25, 0.3) is 0 Å². The van der Waals surface area contributed by atoms with Crippen molar-refractivity contribution in [2.45, 2.75) is 18.5 Å². The molecule has 0 bridgehead atoms. The summed E-state index contributed by atoms with van der Waals surface area (Å²) in [5.74, 6) is 5.71. The van der Waals surface area contributed by atoms with Gasteiger partial charge in [0.15, 0.2) is 5.16 Å². The second-order valence-electron chi connectivity index (χ2n) is 3.10. The highest BCUT2D eigenvalue weighted by Crippen LogP contribution is 2.15. The Hall–Kier alpha value is -1.25. The molecule has 6 heteroatoms. The fourth-order valence-electron chi connectivity index (χ4n) is 0.987. The van der Waals surface area contributed by atoms with Gasteiger partial charge in [-0.1, -0.05) is 35.2 Å². The monoisotopic (exact) mass is 269 g/mol. The van der Waals surface area contributed by atoms with Crippen molar-refractivity contribution in [3.63, 3.8) is 0 Å². The molecule has 0 aliphatic rings. The maximum Gasteiger partial charge on any atom is 0.216 e. The molecule has 0 saturated heterocycles. The minimum absolute atomic E-state index is 0.0579. The molecule has 0 aliphatic carbocycles. The van der Waals surface area contributed by atoms with E-state index in [2.05, 4.69) is 27.1 Å². The third-order valence-electron chi connectivity index (χ3n) is 1.75. The van der Waals surface area contributed by atoms with Crippen LogP contribution < -0.4 is 5.32 Å². The van der Waals surface area contributed by atoms with Gasteiger partial charge < -0.3 is 5.32 Å². The highest BCUT2D eigenvalue weighted by atomic mass is 35.5. The number of hydrogen-bond donors (Lipinski definition) is 1. The van der Waals surface area contributed by atoms with E-state index in [9.17, 15) is 4.79 Å². The van der Waals surface area contributed by atoms with Crippen molar-refractivity contribution in [3.8, 4) is 11.8 Å². The van der Waals surface area contributed by atoms with Crippen molar-refractivity contribution < 1.29 is 4.79 Å². The van der Waals surface area contributed by atoms with E-state index in [0.717, 1.165) is 0 Å². The van der Waals surface area contributed by atoms with Gasteiger partial charge in [0.2, 0.25) is 5.91 Å². The van der Waals surface area contributed by atoms with Gasteiger partial charge in [-0.3, -0.25) is 4.79 Å². The molecule has 1 N–H and O–H groups in total. The molecule has 0 spiro atoms. The summed E-state index contributed by atoms with van der Waals surface area (Å²) in [7, 11) is 0. The van der Waals surface area contributed by atoms with Crippen molar-refractivity contribution in [1.29, 1.82) is 0 Å². The van der Waals surface area contributed by atoms with Crippen molar-refractivity contribution in [2.24, 2.45) is 0 Å². The van der Waals surface area contributed by atoms with E-state index >= 15 is 0 Å². The van der Waals surface area contributed by atoms with Crippen LogP contribution >= 0.6 is 23.4 Å².